The van der Waals surface area contributed by atoms with Crippen molar-refractivity contribution in [1.82, 2.24) is 9.29 Å². The molecule has 2 N–H and O–H groups in total. The number of carbonyl (C=O) groups is 1. The van der Waals surface area contributed by atoms with Crippen molar-refractivity contribution in [1.29, 1.82) is 0 Å². The van der Waals surface area contributed by atoms with Crippen LogP contribution in [-0.2, 0) is 14.8 Å². The van der Waals surface area contributed by atoms with Crippen molar-refractivity contribution in [3.05, 3.63) is 59.9 Å². The monoisotopic (exact) mass is 347 g/mol. The van der Waals surface area contributed by atoms with Crippen LogP contribution in [0.3, 0.4) is 0 Å². The van der Waals surface area contributed by atoms with Crippen LogP contribution in [0.25, 0.3) is 0 Å². The van der Waals surface area contributed by atoms with Gasteiger partial charge < -0.3 is 10.5 Å². The second-order valence-electron chi connectivity index (χ2n) is 5.37. The average molecular weight is 347 g/mol. The highest BCUT2D eigenvalue weighted by molar-refractivity contribution is 7.89. The fraction of sp³-hybridized carbons (Fsp3) is 0.250. The normalized spacial score (nSPS) is 19.1. The summed E-state index contributed by atoms with van der Waals surface area (Å²) < 4.78 is 32.4. The SMILES string of the molecule is NC(=O)c1ccc([C@@H]2CN(S(=O)(=O)c3ccccc3)CCO2)nc1. The molecule has 1 fully saturated rings. The van der Waals surface area contributed by atoms with Crippen LogP contribution in [0.5, 0.6) is 0 Å². The Balaban J connectivity index is 1.80. The van der Waals surface area contributed by atoms with Crippen LogP contribution in [0.4, 0.5) is 0 Å². The van der Waals surface area contributed by atoms with E-state index in [0.29, 0.717) is 11.3 Å². The average Bonchev–Trinajstić information content (AvgIpc) is 2.62. The Labute approximate surface area is 140 Å². The maximum Gasteiger partial charge on any atom is 0.250 e. The Bertz CT molecular complexity index is 822. The summed E-state index contributed by atoms with van der Waals surface area (Å²) in [6.07, 6.45) is 0.880. The van der Waals surface area contributed by atoms with E-state index in [1.54, 1.807) is 42.5 Å². The van der Waals surface area contributed by atoms with Crippen LogP contribution in [0.1, 0.15) is 22.2 Å². The molecule has 0 unspecified atom stereocenters. The summed E-state index contributed by atoms with van der Waals surface area (Å²) in [7, 11) is -3.57. The number of nitrogens with zero attached hydrogens (tertiary/aromatic N) is 2. The molecular weight excluding hydrogens is 330 g/mol. The van der Waals surface area contributed by atoms with Gasteiger partial charge in [-0.2, -0.15) is 4.31 Å². The first-order valence-electron chi connectivity index (χ1n) is 7.41. The second-order valence-corrected chi connectivity index (χ2v) is 7.31. The summed E-state index contributed by atoms with van der Waals surface area (Å²) in [4.78, 5) is 15.5. The topological polar surface area (TPSA) is 103 Å². The zero-order valence-corrected chi connectivity index (χ0v) is 13.6. The number of hydrogen-bond donors (Lipinski definition) is 1. The van der Waals surface area contributed by atoms with Gasteiger partial charge in [0.15, 0.2) is 0 Å². The van der Waals surface area contributed by atoms with Crippen LogP contribution < -0.4 is 5.73 Å². The largest absolute Gasteiger partial charge is 0.369 e. The standard InChI is InChI=1S/C16H17N3O4S/c17-16(20)12-6-7-14(18-10-12)15-11-19(8-9-23-15)24(21,22)13-4-2-1-3-5-13/h1-7,10,15H,8-9,11H2,(H2,17,20)/t15-/m0/s1. The van der Waals surface area contributed by atoms with Crippen molar-refractivity contribution in [3.8, 4) is 0 Å². The first-order chi connectivity index (χ1) is 11.5. The molecule has 1 atom stereocenters. The van der Waals surface area contributed by atoms with E-state index in [1.807, 2.05) is 0 Å². The van der Waals surface area contributed by atoms with Gasteiger partial charge in [0.05, 0.1) is 22.8 Å². The number of primary amides is 1. The van der Waals surface area contributed by atoms with E-state index < -0.39 is 22.0 Å². The maximum absolute atomic E-state index is 12.7. The van der Waals surface area contributed by atoms with Gasteiger partial charge in [-0.1, -0.05) is 18.2 Å². The smallest absolute Gasteiger partial charge is 0.250 e. The number of amides is 1. The summed E-state index contributed by atoms with van der Waals surface area (Å²) in [5.74, 6) is -0.563. The van der Waals surface area contributed by atoms with E-state index in [0.717, 1.165) is 0 Å². The predicted molar refractivity (Wildman–Crippen MR) is 86.6 cm³/mol. The molecule has 2 aromatic rings. The molecule has 1 aromatic heterocycles. The van der Waals surface area contributed by atoms with E-state index >= 15 is 0 Å². The second kappa shape index (κ2) is 6.68. The number of morpholine rings is 1. The van der Waals surface area contributed by atoms with Gasteiger partial charge in [0.2, 0.25) is 15.9 Å². The van der Waals surface area contributed by atoms with Crippen molar-refractivity contribution < 1.29 is 17.9 Å². The number of pyridine rings is 1. The molecule has 24 heavy (non-hydrogen) atoms. The lowest BCUT2D eigenvalue weighted by Crippen LogP contribution is -2.42. The summed E-state index contributed by atoms with van der Waals surface area (Å²) in [5.41, 5.74) is 6.05. The highest BCUT2D eigenvalue weighted by Crippen LogP contribution is 2.25. The molecular formula is C16H17N3O4S. The third-order valence-electron chi connectivity index (χ3n) is 3.81. The Kier molecular flexibility index (Phi) is 4.61. The highest BCUT2D eigenvalue weighted by Gasteiger charge is 2.31. The van der Waals surface area contributed by atoms with E-state index in [4.69, 9.17) is 10.5 Å². The maximum atomic E-state index is 12.7. The van der Waals surface area contributed by atoms with Crippen LogP contribution >= 0.6 is 0 Å². The van der Waals surface area contributed by atoms with Crippen molar-refractivity contribution in [2.75, 3.05) is 19.7 Å². The van der Waals surface area contributed by atoms with Crippen molar-refractivity contribution in [3.63, 3.8) is 0 Å². The molecule has 0 spiro atoms. The van der Waals surface area contributed by atoms with Gasteiger partial charge in [0.25, 0.3) is 0 Å². The van der Waals surface area contributed by atoms with E-state index in [2.05, 4.69) is 4.98 Å². The molecule has 2 heterocycles. The van der Waals surface area contributed by atoms with Crippen molar-refractivity contribution in [2.24, 2.45) is 5.73 Å². The molecule has 8 heteroatoms. The Morgan fingerprint density at radius 3 is 2.58 bits per heavy atom. The van der Waals surface area contributed by atoms with Crippen LogP contribution in [0.15, 0.2) is 53.6 Å². The van der Waals surface area contributed by atoms with Gasteiger partial charge in [0, 0.05) is 19.3 Å². The molecule has 1 aliphatic rings. The summed E-state index contributed by atoms with van der Waals surface area (Å²) in [6.45, 7) is 0.725. The van der Waals surface area contributed by atoms with Crippen LogP contribution in [0, 0.1) is 0 Å². The fourth-order valence-electron chi connectivity index (χ4n) is 2.51. The third kappa shape index (κ3) is 3.30. The highest BCUT2D eigenvalue weighted by atomic mass is 32.2. The number of carbonyl (C=O) groups excluding carboxylic acids is 1. The number of sulfonamides is 1. The van der Waals surface area contributed by atoms with Gasteiger partial charge in [-0.15, -0.1) is 0 Å². The first-order valence-corrected chi connectivity index (χ1v) is 8.85. The van der Waals surface area contributed by atoms with Crippen molar-refractivity contribution in [2.45, 2.75) is 11.0 Å². The van der Waals surface area contributed by atoms with Gasteiger partial charge in [-0.3, -0.25) is 9.78 Å². The van der Waals surface area contributed by atoms with E-state index in [9.17, 15) is 13.2 Å². The minimum Gasteiger partial charge on any atom is -0.369 e. The zero-order valence-electron chi connectivity index (χ0n) is 12.8. The third-order valence-corrected chi connectivity index (χ3v) is 5.69. The quantitative estimate of drug-likeness (QED) is 0.887. The number of aromatic nitrogens is 1. The number of benzene rings is 1. The molecule has 7 nitrogen and oxygen atoms in total. The van der Waals surface area contributed by atoms with E-state index in [1.165, 1.54) is 10.5 Å². The molecule has 0 saturated carbocycles. The fourth-order valence-corrected chi connectivity index (χ4v) is 3.95. The number of nitrogens with two attached hydrogens (primary N) is 1. The molecule has 1 aromatic carbocycles. The summed E-state index contributed by atoms with van der Waals surface area (Å²) in [5, 5.41) is 0. The first kappa shape index (κ1) is 16.6. The van der Waals surface area contributed by atoms with Crippen LogP contribution in [-0.4, -0.2) is 43.3 Å². The van der Waals surface area contributed by atoms with Gasteiger partial charge in [0.1, 0.15) is 6.10 Å². The van der Waals surface area contributed by atoms with Gasteiger partial charge >= 0.3 is 0 Å². The minimum atomic E-state index is -3.57. The van der Waals surface area contributed by atoms with Crippen molar-refractivity contribution >= 4 is 15.9 Å². The Morgan fingerprint density at radius 2 is 1.96 bits per heavy atom. The zero-order chi connectivity index (χ0) is 17.2. The summed E-state index contributed by atoms with van der Waals surface area (Å²) >= 11 is 0. The number of hydrogen-bond acceptors (Lipinski definition) is 5. The number of rotatable bonds is 4. The lowest BCUT2D eigenvalue weighted by molar-refractivity contribution is -0.00495. The molecule has 1 aliphatic heterocycles. The predicted octanol–water partition coefficient (Wildman–Crippen LogP) is 0.943. The molecule has 126 valence electrons. The minimum absolute atomic E-state index is 0.167. The Morgan fingerprint density at radius 1 is 1.21 bits per heavy atom. The lowest BCUT2D eigenvalue weighted by atomic mass is 10.1. The van der Waals surface area contributed by atoms with Gasteiger partial charge in [-0.25, -0.2) is 8.42 Å². The molecule has 3 rings (SSSR count). The Hall–Kier alpha value is -2.29. The molecule has 1 amide bonds. The van der Waals surface area contributed by atoms with E-state index in [-0.39, 0.29) is 24.6 Å². The summed E-state index contributed by atoms with van der Waals surface area (Å²) in [6, 6.07) is 11.5. The molecule has 0 bridgehead atoms. The number of ether oxygens (including phenoxy) is 1. The van der Waals surface area contributed by atoms with Crippen LogP contribution in [0.2, 0.25) is 0 Å². The molecule has 1 saturated heterocycles. The lowest BCUT2D eigenvalue weighted by Gasteiger charge is -2.31. The van der Waals surface area contributed by atoms with Gasteiger partial charge in [-0.05, 0) is 24.3 Å². The molecule has 0 radical (unpaired) electrons. The molecule has 0 aliphatic carbocycles.